The lowest BCUT2D eigenvalue weighted by atomic mass is 9.94. The van der Waals surface area contributed by atoms with E-state index in [4.69, 9.17) is 9.47 Å². The Morgan fingerprint density at radius 2 is 1.77 bits per heavy atom. The van der Waals surface area contributed by atoms with Gasteiger partial charge in [-0.2, -0.15) is 4.68 Å². The Hall–Kier alpha value is -4.66. The SMILES string of the molecule is COc1cc([C@@H]2C(C(=O)Nc3ccccc3)=C(C)Nc3nnnn32)ccc1OCc1ccccc1. The van der Waals surface area contributed by atoms with Crippen molar-refractivity contribution in [3.8, 4) is 11.5 Å². The number of methoxy groups -OCH3 is 1. The Balaban J connectivity index is 1.48. The van der Waals surface area contributed by atoms with Crippen LogP contribution in [-0.4, -0.2) is 33.2 Å². The first-order chi connectivity index (χ1) is 17.1. The molecule has 0 saturated heterocycles. The minimum atomic E-state index is -0.568. The van der Waals surface area contributed by atoms with Crippen molar-refractivity contribution in [1.82, 2.24) is 20.2 Å². The number of allylic oxidation sites excluding steroid dienone is 1. The van der Waals surface area contributed by atoms with Crippen LogP contribution in [-0.2, 0) is 11.4 Å². The summed E-state index contributed by atoms with van der Waals surface area (Å²) in [6.07, 6.45) is 0. The van der Waals surface area contributed by atoms with Crippen LogP contribution >= 0.6 is 0 Å². The highest BCUT2D eigenvalue weighted by molar-refractivity contribution is 6.06. The maximum Gasteiger partial charge on any atom is 0.255 e. The molecule has 35 heavy (non-hydrogen) atoms. The van der Waals surface area contributed by atoms with Crippen molar-refractivity contribution in [3.63, 3.8) is 0 Å². The van der Waals surface area contributed by atoms with Crippen molar-refractivity contribution >= 4 is 17.5 Å². The van der Waals surface area contributed by atoms with Gasteiger partial charge in [0.25, 0.3) is 5.91 Å². The zero-order valence-corrected chi connectivity index (χ0v) is 19.3. The zero-order valence-electron chi connectivity index (χ0n) is 19.3. The number of nitrogens with one attached hydrogen (secondary N) is 2. The summed E-state index contributed by atoms with van der Waals surface area (Å²) in [5, 5.41) is 18.1. The summed E-state index contributed by atoms with van der Waals surface area (Å²) in [5.74, 6) is 1.34. The van der Waals surface area contributed by atoms with Crippen LogP contribution in [0.5, 0.6) is 11.5 Å². The molecule has 9 heteroatoms. The lowest BCUT2D eigenvalue weighted by Crippen LogP contribution is -2.31. The number of nitrogens with zero attached hydrogens (tertiary/aromatic N) is 4. The number of fused-ring (bicyclic) bond motifs is 1. The fraction of sp³-hybridized carbons (Fsp3) is 0.154. The normalized spacial score (nSPS) is 14.6. The van der Waals surface area contributed by atoms with E-state index in [9.17, 15) is 4.79 Å². The van der Waals surface area contributed by atoms with E-state index in [1.807, 2.05) is 85.8 Å². The summed E-state index contributed by atoms with van der Waals surface area (Å²) in [6, 6.07) is 24.2. The number of ether oxygens (including phenoxy) is 2. The molecule has 2 N–H and O–H groups in total. The topological polar surface area (TPSA) is 103 Å². The molecule has 1 aromatic heterocycles. The Labute approximate surface area is 202 Å². The van der Waals surface area contributed by atoms with Gasteiger partial charge in [0.2, 0.25) is 5.95 Å². The van der Waals surface area contributed by atoms with E-state index in [-0.39, 0.29) is 5.91 Å². The summed E-state index contributed by atoms with van der Waals surface area (Å²) in [4.78, 5) is 13.4. The molecule has 0 spiro atoms. The van der Waals surface area contributed by atoms with Gasteiger partial charge >= 0.3 is 0 Å². The van der Waals surface area contributed by atoms with E-state index >= 15 is 0 Å². The van der Waals surface area contributed by atoms with E-state index in [0.29, 0.717) is 41.0 Å². The summed E-state index contributed by atoms with van der Waals surface area (Å²) in [7, 11) is 1.59. The van der Waals surface area contributed by atoms with Gasteiger partial charge in [0.15, 0.2) is 11.5 Å². The fourth-order valence-corrected chi connectivity index (χ4v) is 4.04. The number of hydrogen-bond acceptors (Lipinski definition) is 7. The van der Waals surface area contributed by atoms with Crippen LogP contribution < -0.4 is 20.1 Å². The second kappa shape index (κ2) is 9.68. The third-order valence-corrected chi connectivity index (χ3v) is 5.73. The lowest BCUT2D eigenvalue weighted by Gasteiger charge is -2.28. The van der Waals surface area contributed by atoms with Gasteiger partial charge < -0.3 is 20.1 Å². The summed E-state index contributed by atoms with van der Waals surface area (Å²) in [6.45, 7) is 2.24. The van der Waals surface area contributed by atoms with Gasteiger partial charge in [0.05, 0.1) is 12.7 Å². The van der Waals surface area contributed by atoms with Crippen LogP contribution in [0.4, 0.5) is 11.6 Å². The van der Waals surface area contributed by atoms with Gasteiger partial charge in [-0.3, -0.25) is 4.79 Å². The predicted molar refractivity (Wildman–Crippen MR) is 131 cm³/mol. The van der Waals surface area contributed by atoms with Gasteiger partial charge in [0.1, 0.15) is 12.6 Å². The van der Waals surface area contributed by atoms with E-state index in [0.717, 1.165) is 11.1 Å². The van der Waals surface area contributed by atoms with E-state index in [2.05, 4.69) is 26.2 Å². The quantitative estimate of drug-likeness (QED) is 0.419. The van der Waals surface area contributed by atoms with E-state index < -0.39 is 6.04 Å². The molecule has 0 radical (unpaired) electrons. The smallest absolute Gasteiger partial charge is 0.255 e. The molecule has 176 valence electrons. The average molecular weight is 469 g/mol. The maximum absolute atomic E-state index is 13.4. The first-order valence-corrected chi connectivity index (χ1v) is 11.1. The molecular formula is C26H24N6O3. The Bertz CT molecular complexity index is 1370. The second-order valence-electron chi connectivity index (χ2n) is 8.02. The molecule has 9 nitrogen and oxygen atoms in total. The van der Waals surface area contributed by atoms with Crippen LogP contribution in [0.2, 0.25) is 0 Å². The summed E-state index contributed by atoms with van der Waals surface area (Å²) >= 11 is 0. The molecule has 0 bridgehead atoms. The van der Waals surface area contributed by atoms with Gasteiger partial charge in [-0.1, -0.05) is 59.7 Å². The summed E-state index contributed by atoms with van der Waals surface area (Å²) < 4.78 is 13.2. The molecule has 2 heterocycles. The minimum Gasteiger partial charge on any atom is -0.493 e. The van der Waals surface area contributed by atoms with Crippen molar-refractivity contribution in [2.75, 3.05) is 17.7 Å². The standard InChI is InChI=1S/C26H24N6O3/c1-17-23(25(33)28-20-11-7-4-8-12-20)24(32-26(27-17)29-30-31-32)19-13-14-21(22(15-19)34-2)35-16-18-9-5-3-6-10-18/h3-15,24H,16H2,1-2H3,(H,28,33)(H,27,29,31)/t24-/m1/s1. The third kappa shape index (κ3) is 4.56. The van der Waals surface area contributed by atoms with E-state index in [1.54, 1.807) is 11.8 Å². The Kier molecular flexibility index (Phi) is 6.13. The molecular weight excluding hydrogens is 444 g/mol. The number of benzene rings is 3. The Morgan fingerprint density at radius 1 is 1.03 bits per heavy atom. The number of amides is 1. The third-order valence-electron chi connectivity index (χ3n) is 5.73. The van der Waals surface area contributed by atoms with Crippen molar-refractivity contribution in [2.45, 2.75) is 19.6 Å². The molecule has 1 atom stereocenters. The highest BCUT2D eigenvalue weighted by Gasteiger charge is 2.34. The molecule has 0 fully saturated rings. The number of aromatic nitrogens is 4. The molecule has 0 unspecified atom stereocenters. The maximum atomic E-state index is 13.4. The average Bonchev–Trinajstić information content (AvgIpc) is 3.35. The summed E-state index contributed by atoms with van der Waals surface area (Å²) in [5.41, 5.74) is 3.68. The highest BCUT2D eigenvalue weighted by Crippen LogP contribution is 2.38. The zero-order chi connectivity index (χ0) is 24.2. The highest BCUT2D eigenvalue weighted by atomic mass is 16.5. The van der Waals surface area contributed by atoms with Crippen molar-refractivity contribution in [3.05, 3.63) is 101 Å². The van der Waals surface area contributed by atoms with Crippen LogP contribution in [0.15, 0.2) is 90.1 Å². The number of carbonyl (C=O) groups is 1. The predicted octanol–water partition coefficient (Wildman–Crippen LogP) is 4.19. The monoisotopic (exact) mass is 468 g/mol. The number of para-hydroxylation sites is 1. The molecule has 0 aliphatic carbocycles. The largest absolute Gasteiger partial charge is 0.493 e. The number of rotatable bonds is 7. The Morgan fingerprint density at radius 3 is 2.51 bits per heavy atom. The lowest BCUT2D eigenvalue weighted by molar-refractivity contribution is -0.113. The first-order valence-electron chi connectivity index (χ1n) is 11.1. The van der Waals surface area contributed by atoms with Crippen LogP contribution in [0.25, 0.3) is 0 Å². The molecule has 5 rings (SSSR count). The van der Waals surface area contributed by atoms with Gasteiger partial charge in [-0.25, -0.2) is 0 Å². The van der Waals surface area contributed by atoms with Gasteiger partial charge in [0, 0.05) is 11.4 Å². The van der Waals surface area contributed by atoms with Gasteiger partial charge in [-0.05, 0) is 52.7 Å². The second-order valence-corrected chi connectivity index (χ2v) is 8.02. The van der Waals surface area contributed by atoms with Crippen molar-refractivity contribution in [1.29, 1.82) is 0 Å². The number of carbonyl (C=O) groups excluding carboxylic acids is 1. The molecule has 1 aliphatic rings. The van der Waals surface area contributed by atoms with Crippen LogP contribution in [0, 0.1) is 0 Å². The van der Waals surface area contributed by atoms with Gasteiger partial charge in [-0.15, -0.1) is 0 Å². The van der Waals surface area contributed by atoms with E-state index in [1.165, 1.54) is 0 Å². The molecule has 1 amide bonds. The van der Waals surface area contributed by atoms with Crippen molar-refractivity contribution < 1.29 is 14.3 Å². The molecule has 0 saturated carbocycles. The number of anilines is 2. The number of hydrogen-bond donors (Lipinski definition) is 2. The van der Waals surface area contributed by atoms with Crippen molar-refractivity contribution in [2.24, 2.45) is 0 Å². The number of tetrazole rings is 1. The minimum absolute atomic E-state index is 0.254. The fourth-order valence-electron chi connectivity index (χ4n) is 4.04. The first kappa shape index (κ1) is 22.1. The molecule has 3 aromatic carbocycles. The molecule has 4 aromatic rings. The van der Waals surface area contributed by atoms with Crippen LogP contribution in [0.1, 0.15) is 24.1 Å². The molecule has 1 aliphatic heterocycles. The van der Waals surface area contributed by atoms with Crippen LogP contribution in [0.3, 0.4) is 0 Å².